The van der Waals surface area contributed by atoms with Crippen molar-refractivity contribution >= 4 is 23.5 Å². The first-order chi connectivity index (χ1) is 15.6. The van der Waals surface area contributed by atoms with Gasteiger partial charge in [0.25, 0.3) is 0 Å². The number of carbonyl (C=O) groups is 3. The Hall–Kier alpha value is -3.39. The summed E-state index contributed by atoms with van der Waals surface area (Å²) in [6, 6.07) is 16.4. The first kappa shape index (κ1) is 25.9. The van der Waals surface area contributed by atoms with Crippen molar-refractivity contribution in [1.82, 2.24) is 5.32 Å². The highest BCUT2D eigenvalue weighted by Crippen LogP contribution is 2.43. The smallest absolute Gasteiger partial charge is 0.414 e. The third-order valence-electron chi connectivity index (χ3n) is 5.58. The minimum absolute atomic E-state index is 0.133. The largest absolute Gasteiger partial charge is 0.497 e. The lowest BCUT2D eigenvalue weighted by Crippen LogP contribution is -2.54. The zero-order chi connectivity index (χ0) is 24.6. The highest BCUT2D eigenvalue weighted by molar-refractivity contribution is 6.27. The molecule has 0 fully saturated rings. The molecule has 0 radical (unpaired) electrons. The summed E-state index contributed by atoms with van der Waals surface area (Å²) < 4.78 is 5.18. The molecule has 0 spiro atoms. The number of benzene rings is 2. The van der Waals surface area contributed by atoms with Gasteiger partial charge in [-0.1, -0.05) is 37.3 Å². The second kappa shape index (κ2) is 11.5. The normalized spacial score (nSPS) is 16.1. The second-order valence-corrected chi connectivity index (χ2v) is 8.59. The van der Waals surface area contributed by atoms with Crippen LogP contribution in [0.25, 0.3) is 0 Å². The minimum Gasteiger partial charge on any atom is -0.497 e. The van der Waals surface area contributed by atoms with Gasteiger partial charge in [0.05, 0.1) is 13.7 Å². The molecule has 8 heteroatoms. The van der Waals surface area contributed by atoms with Gasteiger partial charge >= 0.3 is 11.9 Å². The molecule has 3 rings (SSSR count). The van der Waals surface area contributed by atoms with Crippen molar-refractivity contribution in [3.05, 3.63) is 59.7 Å². The van der Waals surface area contributed by atoms with Gasteiger partial charge in [-0.3, -0.25) is 4.79 Å². The van der Waals surface area contributed by atoms with Gasteiger partial charge in [-0.05, 0) is 68.5 Å². The monoisotopic (exact) mass is 456 g/mol. The quantitative estimate of drug-likeness (QED) is 0.451. The molecule has 1 aliphatic heterocycles. The minimum atomic E-state index is -1.82. The Labute approximate surface area is 194 Å². The number of hydrogen-bond donors (Lipinski definition) is 3. The molecule has 1 heterocycles. The van der Waals surface area contributed by atoms with E-state index in [0.717, 1.165) is 30.8 Å². The fourth-order valence-electron chi connectivity index (χ4n) is 4.16. The number of para-hydroxylation sites is 1. The average molecular weight is 457 g/mol. The number of nitrogens with one attached hydrogen (secondary N) is 1. The molecule has 33 heavy (non-hydrogen) atoms. The summed E-state index contributed by atoms with van der Waals surface area (Å²) in [5.41, 5.74) is 3.38. The van der Waals surface area contributed by atoms with E-state index in [2.05, 4.69) is 56.4 Å². The van der Waals surface area contributed by atoms with Crippen molar-refractivity contribution in [2.24, 2.45) is 0 Å². The van der Waals surface area contributed by atoms with Gasteiger partial charge in [-0.15, -0.1) is 0 Å². The topological polar surface area (TPSA) is 116 Å². The zero-order valence-electron chi connectivity index (χ0n) is 19.5. The van der Waals surface area contributed by atoms with Gasteiger partial charge in [0.1, 0.15) is 5.75 Å². The van der Waals surface area contributed by atoms with Crippen LogP contribution >= 0.6 is 0 Å². The van der Waals surface area contributed by atoms with E-state index in [-0.39, 0.29) is 11.4 Å². The van der Waals surface area contributed by atoms with E-state index >= 15 is 0 Å². The van der Waals surface area contributed by atoms with Crippen LogP contribution in [-0.4, -0.2) is 53.8 Å². The number of carboxylic acid groups (broad SMARTS) is 2. The van der Waals surface area contributed by atoms with Crippen LogP contribution in [-0.2, 0) is 20.8 Å². The maximum Gasteiger partial charge on any atom is 0.414 e. The summed E-state index contributed by atoms with van der Waals surface area (Å²) >= 11 is 0. The first-order valence-electron chi connectivity index (χ1n) is 10.8. The van der Waals surface area contributed by atoms with Crippen molar-refractivity contribution in [3.8, 4) is 5.75 Å². The van der Waals surface area contributed by atoms with E-state index in [1.54, 1.807) is 7.11 Å². The average Bonchev–Trinajstić information content (AvgIpc) is 2.77. The molecule has 2 aromatic rings. The van der Waals surface area contributed by atoms with Gasteiger partial charge in [0.15, 0.2) is 0 Å². The Morgan fingerprint density at radius 2 is 1.67 bits per heavy atom. The van der Waals surface area contributed by atoms with Crippen molar-refractivity contribution in [1.29, 1.82) is 0 Å². The van der Waals surface area contributed by atoms with Gasteiger partial charge in [0, 0.05) is 11.2 Å². The summed E-state index contributed by atoms with van der Waals surface area (Å²) in [5, 5.41) is 18.1. The molecule has 1 amide bonds. The summed E-state index contributed by atoms with van der Waals surface area (Å²) in [4.78, 5) is 33.2. The van der Waals surface area contributed by atoms with Crippen LogP contribution in [0.5, 0.6) is 5.75 Å². The Morgan fingerprint density at radius 3 is 2.24 bits per heavy atom. The number of rotatable bonds is 6. The number of amides is 1. The predicted octanol–water partition coefficient (Wildman–Crippen LogP) is 3.30. The summed E-state index contributed by atoms with van der Waals surface area (Å²) in [7, 11) is 1.67. The Bertz CT molecular complexity index is 959. The summed E-state index contributed by atoms with van der Waals surface area (Å²) in [6.45, 7) is 7.69. The molecule has 0 saturated carbocycles. The van der Waals surface area contributed by atoms with Crippen molar-refractivity contribution < 1.29 is 29.3 Å². The summed E-state index contributed by atoms with van der Waals surface area (Å²) in [5.74, 6) is -2.19. The first-order valence-corrected chi connectivity index (χ1v) is 10.8. The van der Waals surface area contributed by atoms with Crippen LogP contribution in [0, 0.1) is 0 Å². The van der Waals surface area contributed by atoms with Crippen LogP contribution in [0.2, 0.25) is 0 Å². The number of hydrogen-bond acceptors (Lipinski definition) is 5. The van der Waals surface area contributed by atoms with Crippen LogP contribution in [0.3, 0.4) is 0 Å². The third-order valence-corrected chi connectivity index (χ3v) is 5.58. The number of ether oxygens (including phenoxy) is 1. The molecule has 8 nitrogen and oxygen atoms in total. The number of fused-ring (bicyclic) bond motifs is 1. The van der Waals surface area contributed by atoms with Gasteiger partial charge in [0.2, 0.25) is 5.91 Å². The zero-order valence-corrected chi connectivity index (χ0v) is 19.5. The SMILES string of the molecule is COc1ccc(CCNCC(=O)N2c3ccccc3C(C)CC2(C)C)cc1.O=C(O)C(=O)O. The van der Waals surface area contributed by atoms with E-state index in [1.807, 2.05) is 23.1 Å². The molecule has 1 aliphatic rings. The maximum absolute atomic E-state index is 13.0. The Balaban J connectivity index is 0.000000569. The molecular weight excluding hydrogens is 424 g/mol. The van der Waals surface area contributed by atoms with Crippen LogP contribution in [0.4, 0.5) is 5.69 Å². The Kier molecular flexibility index (Phi) is 8.99. The molecule has 1 unspecified atom stereocenters. The van der Waals surface area contributed by atoms with Crippen molar-refractivity contribution in [2.75, 3.05) is 25.1 Å². The standard InChI is InChI=1S/C23H30N2O2.C2H2O4/c1-17-15-23(2,3)25(21-8-6-5-7-20(17)21)22(26)16-24-14-13-18-9-11-19(27-4)12-10-18;3-1(4)2(5)6/h5-12,17,24H,13-16H2,1-4H3;(H,3,4)(H,5,6). The molecule has 178 valence electrons. The second-order valence-electron chi connectivity index (χ2n) is 8.59. The van der Waals surface area contributed by atoms with E-state index in [1.165, 1.54) is 11.1 Å². The van der Waals surface area contributed by atoms with E-state index in [0.29, 0.717) is 12.5 Å². The number of methoxy groups -OCH3 is 1. The lowest BCUT2D eigenvalue weighted by molar-refractivity contribution is -0.159. The van der Waals surface area contributed by atoms with E-state index < -0.39 is 11.9 Å². The molecular formula is C25H32N2O6. The van der Waals surface area contributed by atoms with Gasteiger partial charge in [-0.2, -0.15) is 0 Å². The molecule has 0 bridgehead atoms. The molecule has 3 N–H and O–H groups in total. The van der Waals surface area contributed by atoms with E-state index in [4.69, 9.17) is 24.5 Å². The highest BCUT2D eigenvalue weighted by atomic mass is 16.5. The molecule has 0 saturated heterocycles. The third kappa shape index (κ3) is 7.05. The lowest BCUT2D eigenvalue weighted by Gasteiger charge is -2.46. The fraction of sp³-hybridized carbons (Fsp3) is 0.400. The fourth-order valence-corrected chi connectivity index (χ4v) is 4.16. The number of aliphatic carboxylic acids is 2. The predicted molar refractivity (Wildman–Crippen MR) is 126 cm³/mol. The lowest BCUT2D eigenvalue weighted by atomic mass is 9.80. The van der Waals surface area contributed by atoms with E-state index in [9.17, 15) is 4.79 Å². The van der Waals surface area contributed by atoms with Crippen LogP contribution in [0.15, 0.2) is 48.5 Å². The van der Waals surface area contributed by atoms with Gasteiger partial charge < -0.3 is 25.2 Å². The molecule has 0 aliphatic carbocycles. The molecule has 1 atom stereocenters. The van der Waals surface area contributed by atoms with Crippen LogP contribution in [0.1, 0.15) is 44.2 Å². The number of carbonyl (C=O) groups excluding carboxylic acids is 1. The van der Waals surface area contributed by atoms with Crippen molar-refractivity contribution in [2.45, 2.75) is 45.1 Å². The van der Waals surface area contributed by atoms with Crippen LogP contribution < -0.4 is 15.0 Å². The van der Waals surface area contributed by atoms with Gasteiger partial charge in [-0.25, -0.2) is 9.59 Å². The highest BCUT2D eigenvalue weighted by Gasteiger charge is 2.39. The Morgan fingerprint density at radius 1 is 1.06 bits per heavy atom. The number of anilines is 1. The molecule has 2 aromatic carbocycles. The summed E-state index contributed by atoms with van der Waals surface area (Å²) in [6.07, 6.45) is 1.86. The number of carboxylic acids is 2. The number of nitrogens with zero attached hydrogens (tertiary/aromatic N) is 1. The molecule has 0 aromatic heterocycles. The van der Waals surface area contributed by atoms with Crippen molar-refractivity contribution in [3.63, 3.8) is 0 Å². The maximum atomic E-state index is 13.0.